The Morgan fingerprint density at radius 1 is 1.42 bits per heavy atom. The molecule has 4 heteroatoms. The summed E-state index contributed by atoms with van der Waals surface area (Å²) < 4.78 is 5.23. The predicted octanol–water partition coefficient (Wildman–Crippen LogP) is 1.57. The molecule has 4 nitrogen and oxygen atoms in total. The van der Waals surface area contributed by atoms with Gasteiger partial charge in [-0.25, -0.2) is 0 Å². The van der Waals surface area contributed by atoms with Crippen molar-refractivity contribution in [2.45, 2.75) is 25.9 Å². The van der Waals surface area contributed by atoms with Crippen LogP contribution >= 0.6 is 0 Å². The maximum Gasteiger partial charge on any atom is 0.223 e. The molecule has 1 aliphatic heterocycles. The molecular weight excluding hydrogens is 242 g/mol. The van der Waals surface area contributed by atoms with E-state index < -0.39 is 6.10 Å². The van der Waals surface area contributed by atoms with Gasteiger partial charge in [-0.3, -0.25) is 4.79 Å². The first-order valence-corrected chi connectivity index (χ1v) is 6.77. The summed E-state index contributed by atoms with van der Waals surface area (Å²) in [6.07, 6.45) is 0.892. The minimum atomic E-state index is -0.648. The van der Waals surface area contributed by atoms with Crippen molar-refractivity contribution in [3.63, 3.8) is 0 Å². The zero-order chi connectivity index (χ0) is 13.7. The number of ether oxygens (including phenoxy) is 1. The number of aliphatic hydroxyl groups excluding tert-OH is 1. The van der Waals surface area contributed by atoms with Crippen LogP contribution in [-0.4, -0.2) is 30.8 Å². The lowest BCUT2D eigenvalue weighted by Gasteiger charge is -2.22. The molecule has 0 aliphatic carbocycles. The first kappa shape index (κ1) is 14.0. The van der Waals surface area contributed by atoms with Crippen LogP contribution in [-0.2, 0) is 9.53 Å². The van der Waals surface area contributed by atoms with Gasteiger partial charge in [0.2, 0.25) is 5.91 Å². The summed E-state index contributed by atoms with van der Waals surface area (Å²) >= 11 is 0. The minimum absolute atomic E-state index is 0.0240. The second kappa shape index (κ2) is 6.68. The van der Waals surface area contributed by atoms with Gasteiger partial charge in [-0.15, -0.1) is 0 Å². The van der Waals surface area contributed by atoms with Crippen LogP contribution in [0.4, 0.5) is 0 Å². The summed E-state index contributed by atoms with van der Waals surface area (Å²) in [4.78, 5) is 11.9. The highest BCUT2D eigenvalue weighted by atomic mass is 16.5. The Morgan fingerprint density at radius 3 is 2.79 bits per heavy atom. The number of hydrogen-bond acceptors (Lipinski definition) is 3. The molecule has 1 unspecified atom stereocenters. The van der Waals surface area contributed by atoms with Crippen molar-refractivity contribution in [3.8, 4) is 0 Å². The van der Waals surface area contributed by atoms with E-state index in [2.05, 4.69) is 5.32 Å². The van der Waals surface area contributed by atoms with Gasteiger partial charge in [0.15, 0.2) is 0 Å². The lowest BCUT2D eigenvalue weighted by atomic mass is 9.99. The third-order valence-corrected chi connectivity index (χ3v) is 3.61. The van der Waals surface area contributed by atoms with Crippen LogP contribution in [0.15, 0.2) is 24.3 Å². The molecule has 1 saturated heterocycles. The Labute approximate surface area is 113 Å². The summed E-state index contributed by atoms with van der Waals surface area (Å²) in [5, 5.41) is 12.9. The largest absolute Gasteiger partial charge is 0.387 e. The van der Waals surface area contributed by atoms with E-state index in [4.69, 9.17) is 4.74 Å². The number of hydrogen-bond donors (Lipinski definition) is 2. The average molecular weight is 263 g/mol. The summed E-state index contributed by atoms with van der Waals surface area (Å²) in [7, 11) is 0. The number of carbonyl (C=O) groups is 1. The topological polar surface area (TPSA) is 58.6 Å². The molecule has 1 atom stereocenters. The number of aryl methyl sites for hydroxylation is 1. The van der Waals surface area contributed by atoms with Crippen molar-refractivity contribution in [3.05, 3.63) is 35.4 Å². The Hall–Kier alpha value is -1.39. The number of benzene rings is 1. The third kappa shape index (κ3) is 3.78. The average Bonchev–Trinajstić information content (AvgIpc) is 2.46. The van der Waals surface area contributed by atoms with Crippen molar-refractivity contribution >= 4 is 5.91 Å². The Bertz CT molecular complexity index is 427. The van der Waals surface area contributed by atoms with Gasteiger partial charge in [-0.05, 0) is 30.9 Å². The molecule has 0 bridgehead atoms. The highest BCUT2D eigenvalue weighted by Crippen LogP contribution is 2.18. The molecule has 1 amide bonds. The van der Waals surface area contributed by atoms with Crippen molar-refractivity contribution in [1.82, 2.24) is 5.32 Å². The van der Waals surface area contributed by atoms with Crippen LogP contribution < -0.4 is 5.32 Å². The molecule has 1 aromatic carbocycles. The Morgan fingerprint density at radius 2 is 2.11 bits per heavy atom. The molecule has 1 aliphatic rings. The number of amides is 1. The fraction of sp³-hybridized carbons (Fsp3) is 0.533. The van der Waals surface area contributed by atoms with E-state index in [0.717, 1.165) is 24.0 Å². The summed E-state index contributed by atoms with van der Waals surface area (Å²) in [5.41, 5.74) is 1.91. The highest BCUT2D eigenvalue weighted by molar-refractivity contribution is 5.78. The van der Waals surface area contributed by atoms with Crippen LogP contribution in [0.2, 0.25) is 0 Å². The van der Waals surface area contributed by atoms with Gasteiger partial charge in [0.05, 0.1) is 6.10 Å². The van der Waals surface area contributed by atoms with E-state index in [-0.39, 0.29) is 18.4 Å². The van der Waals surface area contributed by atoms with Crippen molar-refractivity contribution < 1.29 is 14.6 Å². The van der Waals surface area contributed by atoms with E-state index in [1.807, 2.05) is 31.2 Å². The van der Waals surface area contributed by atoms with E-state index in [0.29, 0.717) is 13.2 Å². The molecule has 0 radical (unpaired) electrons. The lowest BCUT2D eigenvalue weighted by Crippen LogP contribution is -2.36. The Balaban J connectivity index is 1.84. The van der Waals surface area contributed by atoms with Gasteiger partial charge >= 0.3 is 0 Å². The molecule has 0 aromatic heterocycles. The molecular formula is C15H21NO3. The molecule has 0 spiro atoms. The fourth-order valence-electron chi connectivity index (χ4n) is 2.37. The zero-order valence-electron chi connectivity index (χ0n) is 11.3. The number of nitrogens with one attached hydrogen (secondary N) is 1. The second-order valence-electron chi connectivity index (χ2n) is 5.00. The SMILES string of the molecule is Cc1ccccc1C(O)CNC(=O)C1CCOCC1. The van der Waals surface area contributed by atoms with Crippen LogP contribution in [0.25, 0.3) is 0 Å². The van der Waals surface area contributed by atoms with Gasteiger partial charge in [-0.1, -0.05) is 24.3 Å². The smallest absolute Gasteiger partial charge is 0.223 e. The lowest BCUT2D eigenvalue weighted by molar-refractivity contribution is -0.128. The standard InChI is InChI=1S/C15H21NO3/c1-11-4-2-3-5-13(11)14(17)10-16-15(18)12-6-8-19-9-7-12/h2-5,12,14,17H,6-10H2,1H3,(H,16,18). The molecule has 104 valence electrons. The summed E-state index contributed by atoms with van der Waals surface area (Å²) in [6, 6.07) is 7.68. The van der Waals surface area contributed by atoms with Crippen LogP contribution in [0.3, 0.4) is 0 Å². The molecule has 2 rings (SSSR count). The normalized spacial score (nSPS) is 18.0. The fourth-order valence-corrected chi connectivity index (χ4v) is 2.37. The predicted molar refractivity (Wildman–Crippen MR) is 72.7 cm³/mol. The molecule has 1 heterocycles. The van der Waals surface area contributed by atoms with E-state index in [1.165, 1.54) is 0 Å². The first-order chi connectivity index (χ1) is 9.18. The highest BCUT2D eigenvalue weighted by Gasteiger charge is 2.22. The van der Waals surface area contributed by atoms with Gasteiger partial charge in [0, 0.05) is 25.7 Å². The van der Waals surface area contributed by atoms with Gasteiger partial charge in [0.1, 0.15) is 0 Å². The summed E-state index contributed by atoms with van der Waals surface area (Å²) in [5.74, 6) is 0.0498. The quantitative estimate of drug-likeness (QED) is 0.867. The van der Waals surface area contributed by atoms with E-state index in [1.54, 1.807) is 0 Å². The maximum atomic E-state index is 11.9. The molecule has 1 fully saturated rings. The monoisotopic (exact) mass is 263 g/mol. The van der Waals surface area contributed by atoms with E-state index >= 15 is 0 Å². The number of aliphatic hydroxyl groups is 1. The first-order valence-electron chi connectivity index (χ1n) is 6.77. The van der Waals surface area contributed by atoms with Gasteiger partial charge in [0.25, 0.3) is 0 Å². The van der Waals surface area contributed by atoms with Crippen molar-refractivity contribution in [1.29, 1.82) is 0 Å². The molecule has 0 saturated carbocycles. The summed E-state index contributed by atoms with van der Waals surface area (Å²) in [6.45, 7) is 3.52. The van der Waals surface area contributed by atoms with Crippen LogP contribution in [0.1, 0.15) is 30.1 Å². The second-order valence-corrected chi connectivity index (χ2v) is 5.00. The van der Waals surface area contributed by atoms with Gasteiger partial charge in [-0.2, -0.15) is 0 Å². The third-order valence-electron chi connectivity index (χ3n) is 3.61. The van der Waals surface area contributed by atoms with Crippen LogP contribution in [0, 0.1) is 12.8 Å². The van der Waals surface area contributed by atoms with Crippen molar-refractivity contribution in [2.75, 3.05) is 19.8 Å². The Kier molecular flexibility index (Phi) is 4.93. The van der Waals surface area contributed by atoms with Crippen LogP contribution in [0.5, 0.6) is 0 Å². The minimum Gasteiger partial charge on any atom is -0.387 e. The van der Waals surface area contributed by atoms with Gasteiger partial charge < -0.3 is 15.2 Å². The number of rotatable bonds is 4. The molecule has 2 N–H and O–H groups in total. The maximum absolute atomic E-state index is 11.9. The van der Waals surface area contributed by atoms with Crippen molar-refractivity contribution in [2.24, 2.45) is 5.92 Å². The molecule has 19 heavy (non-hydrogen) atoms. The molecule has 1 aromatic rings. The zero-order valence-corrected chi connectivity index (χ0v) is 11.3. The number of carbonyl (C=O) groups excluding carboxylic acids is 1. The van der Waals surface area contributed by atoms with E-state index in [9.17, 15) is 9.90 Å².